The first kappa shape index (κ1) is 24.1. The Bertz CT molecular complexity index is 827. The normalized spacial score (nSPS) is 43.7. The Balaban J connectivity index is 1.53. The number of fused-ring (bicyclic) bond motifs is 5. The van der Waals surface area contributed by atoms with Crippen molar-refractivity contribution in [3.05, 3.63) is 35.5 Å². The topological polar surface area (TPSA) is 40.5 Å². The second-order valence-electron chi connectivity index (χ2n) is 11.5. The maximum absolute atomic E-state index is 12.7. The number of allylic oxidation sites excluding steroid dienone is 4. The number of hydrogen-bond acceptors (Lipinski definition) is 2. The van der Waals surface area contributed by atoms with Crippen molar-refractivity contribution >= 4 is 0 Å². The fraction of sp³-hybridized carbons (Fsp3) is 0.778. The summed E-state index contributed by atoms with van der Waals surface area (Å²) in [6.45, 7) is 8.77. The largest absolute Gasteiger partial charge is 0.417 e. The van der Waals surface area contributed by atoms with Gasteiger partial charge in [0, 0.05) is 0 Å². The van der Waals surface area contributed by atoms with Crippen molar-refractivity contribution in [3.8, 4) is 0 Å². The molecule has 0 saturated heterocycles. The summed E-state index contributed by atoms with van der Waals surface area (Å²) in [5, 5.41) is 20.3. The van der Waals surface area contributed by atoms with Crippen LogP contribution in [-0.4, -0.2) is 28.1 Å². The Morgan fingerprint density at radius 3 is 2.44 bits per heavy atom. The molecule has 180 valence electrons. The van der Waals surface area contributed by atoms with Gasteiger partial charge in [-0.15, -0.1) is 0 Å². The summed E-state index contributed by atoms with van der Waals surface area (Å²) in [5.74, 6) is 1.60. The zero-order chi connectivity index (χ0) is 23.5. The highest BCUT2D eigenvalue weighted by Crippen LogP contribution is 2.66. The molecule has 2 unspecified atom stereocenters. The molecule has 4 aliphatic carbocycles. The van der Waals surface area contributed by atoms with E-state index in [0.29, 0.717) is 17.8 Å². The van der Waals surface area contributed by atoms with E-state index < -0.39 is 17.9 Å². The summed E-state index contributed by atoms with van der Waals surface area (Å²) in [6.07, 6.45) is 7.88. The molecule has 2 saturated carbocycles. The molecule has 4 aliphatic rings. The van der Waals surface area contributed by atoms with Gasteiger partial charge in [-0.05, 0) is 85.9 Å². The van der Waals surface area contributed by atoms with Gasteiger partial charge in [0.1, 0.15) is 0 Å². The predicted octanol–water partition coefficient (Wildman–Crippen LogP) is 6.74. The Labute approximate surface area is 190 Å². The molecule has 32 heavy (non-hydrogen) atoms. The van der Waals surface area contributed by atoms with Gasteiger partial charge < -0.3 is 10.2 Å². The van der Waals surface area contributed by atoms with Gasteiger partial charge in [0.2, 0.25) is 0 Å². The van der Waals surface area contributed by atoms with Crippen LogP contribution in [0.2, 0.25) is 0 Å². The Hall–Kier alpha value is -1.07. The number of aliphatic hydroxyl groups is 2. The van der Waals surface area contributed by atoms with Crippen molar-refractivity contribution in [1.29, 1.82) is 0 Å². The van der Waals surface area contributed by atoms with Crippen LogP contribution in [0, 0.1) is 34.5 Å². The average Bonchev–Trinajstić information content (AvgIpc) is 3.09. The van der Waals surface area contributed by atoms with Crippen molar-refractivity contribution in [2.24, 2.45) is 34.5 Å². The summed E-state index contributed by atoms with van der Waals surface area (Å²) in [6, 6.07) is 0. The Kier molecular flexibility index (Phi) is 6.02. The minimum absolute atomic E-state index is 0.00857. The lowest BCUT2D eigenvalue weighted by atomic mass is 9.46. The lowest BCUT2D eigenvalue weighted by molar-refractivity contribution is -0.187. The molecule has 0 spiro atoms. The molecule has 5 heteroatoms. The smallest absolute Gasteiger partial charge is 0.390 e. The molecular formula is C27H39F3O2. The Morgan fingerprint density at radius 1 is 1.06 bits per heavy atom. The first-order valence-corrected chi connectivity index (χ1v) is 12.4. The standard InChI is InChI=1S/C27H39F3O2/c1-5-26(32)15-14-24(3)18(16-26)7-8-19-21-10-9-20(25(21,4)13-12-22(19)24)17(2)6-11-23(31)27(28,29)30/h6-7,9,11,17,19,21-23,31-32H,5,8,10,12-16H2,1-4H3/b11-6+/t17-,19+,21+,22+,23?,24?,25-,26+/m1/s1. The van der Waals surface area contributed by atoms with Crippen LogP contribution in [0.15, 0.2) is 35.5 Å². The fourth-order valence-electron chi connectivity index (χ4n) is 7.81. The second-order valence-corrected chi connectivity index (χ2v) is 11.5. The zero-order valence-corrected chi connectivity index (χ0v) is 19.9. The fourth-order valence-corrected chi connectivity index (χ4v) is 7.81. The van der Waals surface area contributed by atoms with Gasteiger partial charge in [-0.1, -0.05) is 63.1 Å². The molecule has 0 radical (unpaired) electrons. The second kappa shape index (κ2) is 8.01. The van der Waals surface area contributed by atoms with Gasteiger partial charge in [0.25, 0.3) is 0 Å². The van der Waals surface area contributed by atoms with Crippen LogP contribution < -0.4 is 0 Å². The third-order valence-corrected chi connectivity index (χ3v) is 9.96. The van der Waals surface area contributed by atoms with Crippen LogP contribution in [0.5, 0.6) is 0 Å². The van der Waals surface area contributed by atoms with Crippen molar-refractivity contribution in [3.63, 3.8) is 0 Å². The first-order chi connectivity index (χ1) is 14.8. The highest BCUT2D eigenvalue weighted by atomic mass is 19.4. The minimum Gasteiger partial charge on any atom is -0.390 e. The lowest BCUT2D eigenvalue weighted by Crippen LogP contribution is -2.51. The van der Waals surface area contributed by atoms with Gasteiger partial charge in [-0.2, -0.15) is 13.2 Å². The van der Waals surface area contributed by atoms with Crippen LogP contribution in [-0.2, 0) is 0 Å². The van der Waals surface area contributed by atoms with Crippen molar-refractivity contribution in [2.45, 2.75) is 96.9 Å². The van der Waals surface area contributed by atoms with Crippen LogP contribution in [0.1, 0.15) is 79.1 Å². The maximum Gasteiger partial charge on any atom is 0.417 e. The van der Waals surface area contributed by atoms with Crippen molar-refractivity contribution in [2.75, 3.05) is 0 Å². The van der Waals surface area contributed by atoms with Gasteiger partial charge in [-0.25, -0.2) is 0 Å². The quantitative estimate of drug-likeness (QED) is 0.464. The van der Waals surface area contributed by atoms with E-state index >= 15 is 0 Å². The van der Waals surface area contributed by atoms with Crippen LogP contribution in [0.3, 0.4) is 0 Å². The third-order valence-electron chi connectivity index (χ3n) is 9.96. The molecule has 0 heterocycles. The van der Waals surface area contributed by atoms with E-state index in [1.165, 1.54) is 17.2 Å². The molecule has 0 aliphatic heterocycles. The van der Waals surface area contributed by atoms with E-state index in [9.17, 15) is 23.4 Å². The Morgan fingerprint density at radius 2 is 1.78 bits per heavy atom. The summed E-state index contributed by atoms with van der Waals surface area (Å²) in [5.41, 5.74) is 2.33. The predicted molar refractivity (Wildman–Crippen MR) is 121 cm³/mol. The molecule has 0 bridgehead atoms. The molecule has 2 N–H and O–H groups in total. The number of alkyl halides is 3. The van der Waals surface area contributed by atoms with Gasteiger partial charge >= 0.3 is 6.18 Å². The summed E-state index contributed by atoms with van der Waals surface area (Å²) in [4.78, 5) is 0. The molecule has 0 aromatic carbocycles. The van der Waals surface area contributed by atoms with E-state index in [-0.39, 0.29) is 16.7 Å². The van der Waals surface area contributed by atoms with Crippen LogP contribution in [0.25, 0.3) is 0 Å². The minimum atomic E-state index is -4.61. The number of aliphatic hydroxyl groups excluding tert-OH is 1. The van der Waals surface area contributed by atoms with Crippen LogP contribution >= 0.6 is 0 Å². The summed E-state index contributed by atoms with van der Waals surface area (Å²) >= 11 is 0. The monoisotopic (exact) mass is 452 g/mol. The highest BCUT2D eigenvalue weighted by molar-refractivity contribution is 5.33. The van der Waals surface area contributed by atoms with E-state index in [4.69, 9.17) is 0 Å². The number of hydrogen-bond donors (Lipinski definition) is 2. The molecule has 4 rings (SSSR count). The number of rotatable bonds is 4. The van der Waals surface area contributed by atoms with E-state index in [2.05, 4.69) is 32.9 Å². The molecule has 0 aromatic heterocycles. The first-order valence-electron chi connectivity index (χ1n) is 12.4. The SMILES string of the molecule is CC[C@]1(O)CCC2(C)C(=CC[C@@H]3[C@@H]2CC[C@]2(C)C([C@H](C)/C=C/C(O)C(F)(F)F)=CC[C@@H]32)C1. The lowest BCUT2D eigenvalue weighted by Gasteiger charge is -2.59. The molecule has 2 nitrogen and oxygen atoms in total. The summed E-state index contributed by atoms with van der Waals surface area (Å²) in [7, 11) is 0. The highest BCUT2D eigenvalue weighted by Gasteiger charge is 2.57. The van der Waals surface area contributed by atoms with Crippen molar-refractivity contribution in [1.82, 2.24) is 0 Å². The molecule has 0 aromatic rings. The van der Waals surface area contributed by atoms with E-state index in [0.717, 1.165) is 57.4 Å². The summed E-state index contributed by atoms with van der Waals surface area (Å²) < 4.78 is 38.1. The molecule has 8 atom stereocenters. The van der Waals surface area contributed by atoms with E-state index in [1.807, 2.05) is 6.92 Å². The van der Waals surface area contributed by atoms with E-state index in [1.54, 1.807) is 0 Å². The third kappa shape index (κ3) is 3.81. The van der Waals surface area contributed by atoms with Crippen LogP contribution in [0.4, 0.5) is 13.2 Å². The van der Waals surface area contributed by atoms with Gasteiger partial charge in [0.15, 0.2) is 6.10 Å². The van der Waals surface area contributed by atoms with Gasteiger partial charge in [-0.3, -0.25) is 0 Å². The molecule has 2 fully saturated rings. The van der Waals surface area contributed by atoms with Gasteiger partial charge in [0.05, 0.1) is 5.60 Å². The average molecular weight is 453 g/mol. The zero-order valence-electron chi connectivity index (χ0n) is 19.9. The molecular weight excluding hydrogens is 413 g/mol. The number of halogens is 3. The molecule has 0 amide bonds. The van der Waals surface area contributed by atoms with Crippen molar-refractivity contribution < 1.29 is 23.4 Å². The maximum atomic E-state index is 12.7.